The van der Waals surface area contributed by atoms with Crippen LogP contribution in [0.2, 0.25) is 0 Å². The summed E-state index contributed by atoms with van der Waals surface area (Å²) in [5, 5.41) is 0. The van der Waals surface area contributed by atoms with Crippen molar-refractivity contribution in [3.63, 3.8) is 0 Å². The van der Waals surface area contributed by atoms with Gasteiger partial charge in [0.25, 0.3) is 0 Å². The molecule has 2 fully saturated rings. The minimum absolute atomic E-state index is 0.0557. The topological polar surface area (TPSA) is 71.5 Å². The molecule has 0 aromatic carbocycles. The van der Waals surface area contributed by atoms with Gasteiger partial charge < -0.3 is 4.98 Å². The number of nitrogens with one attached hydrogen (secondary N) is 1. The molecule has 2 aromatic rings. The molecule has 0 atom stereocenters. The number of hydrogen-bond acceptors (Lipinski definition) is 4. The molecule has 0 spiro atoms. The first-order valence-electron chi connectivity index (χ1n) is 8.53. The normalized spacial score (nSPS) is 27.2. The van der Waals surface area contributed by atoms with Gasteiger partial charge in [0.2, 0.25) is 0 Å². The van der Waals surface area contributed by atoms with Gasteiger partial charge in [0, 0.05) is 11.8 Å². The number of aromatic nitrogens is 4. The number of rotatable bonds is 2. The van der Waals surface area contributed by atoms with Gasteiger partial charge in [0.05, 0.1) is 22.5 Å². The van der Waals surface area contributed by atoms with E-state index >= 15 is 0 Å². The number of alkyl halides is 3. The zero-order valence-electron chi connectivity index (χ0n) is 14.1. The molecule has 0 saturated heterocycles. The molecule has 2 heterocycles. The van der Waals surface area contributed by atoms with Crippen LogP contribution >= 0.6 is 0 Å². The number of nitrogens with zero attached hydrogens (tertiary/aromatic N) is 3. The van der Waals surface area contributed by atoms with E-state index in [9.17, 15) is 18.0 Å². The zero-order chi connectivity index (χ0) is 18.0. The second kappa shape index (κ2) is 5.25. The van der Waals surface area contributed by atoms with Crippen LogP contribution in [0.4, 0.5) is 13.2 Å². The van der Waals surface area contributed by atoms with Crippen LogP contribution in [0, 0.1) is 12.3 Å². The lowest BCUT2D eigenvalue weighted by Crippen LogP contribution is -2.46. The Kier molecular flexibility index (Phi) is 3.46. The fraction of sp³-hybridized carbons (Fsp3) is 0.647. The van der Waals surface area contributed by atoms with Gasteiger partial charge in [0.1, 0.15) is 5.52 Å². The molecule has 0 amide bonds. The van der Waals surface area contributed by atoms with Crippen molar-refractivity contribution < 1.29 is 13.2 Å². The van der Waals surface area contributed by atoms with E-state index in [1.807, 2.05) is 6.92 Å². The molecular weight excluding hydrogens is 333 g/mol. The van der Waals surface area contributed by atoms with Crippen molar-refractivity contribution in [1.82, 2.24) is 19.9 Å². The van der Waals surface area contributed by atoms with E-state index < -0.39 is 17.3 Å². The Balaban J connectivity index is 1.77. The first kappa shape index (κ1) is 16.5. The summed E-state index contributed by atoms with van der Waals surface area (Å²) in [4.78, 5) is 27.4. The van der Waals surface area contributed by atoms with Crippen molar-refractivity contribution >= 4 is 11.2 Å². The van der Waals surface area contributed by atoms with E-state index in [1.165, 1.54) is 6.92 Å². The Morgan fingerprint density at radius 1 is 1.12 bits per heavy atom. The van der Waals surface area contributed by atoms with E-state index in [2.05, 4.69) is 19.9 Å². The molecule has 2 saturated carbocycles. The monoisotopic (exact) mass is 352 g/mol. The van der Waals surface area contributed by atoms with Crippen LogP contribution in [0.1, 0.15) is 67.9 Å². The lowest BCUT2D eigenvalue weighted by Gasteiger charge is -2.46. The van der Waals surface area contributed by atoms with Crippen LogP contribution in [-0.2, 0) is 0 Å². The van der Waals surface area contributed by atoms with Crippen LogP contribution < -0.4 is 5.69 Å². The Morgan fingerprint density at radius 2 is 1.80 bits per heavy atom. The first-order chi connectivity index (χ1) is 11.7. The summed E-state index contributed by atoms with van der Waals surface area (Å²) in [6.45, 7) is 3.06. The van der Waals surface area contributed by atoms with Gasteiger partial charge in [-0.2, -0.15) is 18.2 Å². The summed E-state index contributed by atoms with van der Waals surface area (Å²) < 4.78 is 39.4. The summed E-state index contributed by atoms with van der Waals surface area (Å²) in [5.74, 6) is -0.0328. The van der Waals surface area contributed by atoms with Crippen LogP contribution in [0.3, 0.4) is 0 Å². The third-order valence-electron chi connectivity index (χ3n) is 5.77. The minimum atomic E-state index is -4.24. The Labute approximate surface area is 142 Å². The smallest absolute Gasteiger partial charge is 0.307 e. The van der Waals surface area contributed by atoms with E-state index in [-0.39, 0.29) is 24.4 Å². The van der Waals surface area contributed by atoms with Crippen LogP contribution in [0.5, 0.6) is 0 Å². The van der Waals surface area contributed by atoms with E-state index in [0.29, 0.717) is 17.1 Å². The molecule has 134 valence electrons. The van der Waals surface area contributed by atoms with E-state index in [1.54, 1.807) is 0 Å². The van der Waals surface area contributed by atoms with E-state index in [0.717, 1.165) is 30.7 Å². The first-order valence-corrected chi connectivity index (χ1v) is 8.53. The summed E-state index contributed by atoms with van der Waals surface area (Å²) in [7, 11) is 0. The van der Waals surface area contributed by atoms with Crippen molar-refractivity contribution in [2.75, 3.05) is 0 Å². The van der Waals surface area contributed by atoms with Gasteiger partial charge in [-0.25, -0.2) is 14.8 Å². The highest BCUT2D eigenvalue weighted by molar-refractivity contribution is 5.73. The van der Waals surface area contributed by atoms with Crippen LogP contribution in [0.15, 0.2) is 4.79 Å². The number of aryl methyl sites for hydroxylation is 1. The summed E-state index contributed by atoms with van der Waals surface area (Å²) >= 11 is 0. The molecule has 5 nitrogen and oxygen atoms in total. The molecule has 8 heteroatoms. The number of aromatic amines is 1. The molecule has 0 aliphatic heterocycles. The van der Waals surface area contributed by atoms with Gasteiger partial charge in [-0.3, -0.25) is 0 Å². The largest absolute Gasteiger partial charge is 0.394 e. The lowest BCUT2D eigenvalue weighted by molar-refractivity contribution is -0.248. The van der Waals surface area contributed by atoms with Gasteiger partial charge in [0.15, 0.2) is 5.65 Å². The van der Waals surface area contributed by atoms with E-state index in [4.69, 9.17) is 0 Å². The quantitative estimate of drug-likeness (QED) is 0.894. The number of fused-ring (bicyclic) bond motifs is 1. The zero-order valence-corrected chi connectivity index (χ0v) is 14.1. The Bertz CT molecular complexity index is 895. The summed E-state index contributed by atoms with van der Waals surface area (Å²) in [6, 6.07) is 0. The lowest BCUT2D eigenvalue weighted by atomic mass is 9.61. The third-order valence-corrected chi connectivity index (χ3v) is 5.77. The molecule has 2 aromatic heterocycles. The maximum Gasteiger partial charge on any atom is 0.394 e. The van der Waals surface area contributed by atoms with Crippen LogP contribution in [0.25, 0.3) is 11.2 Å². The number of H-pyrrole nitrogens is 1. The molecule has 2 aliphatic rings. The maximum atomic E-state index is 13.1. The summed E-state index contributed by atoms with van der Waals surface area (Å²) in [6.07, 6.45) is -1.12. The van der Waals surface area contributed by atoms with Gasteiger partial charge in [-0.15, -0.1) is 0 Å². The highest BCUT2D eigenvalue weighted by atomic mass is 19.4. The Morgan fingerprint density at radius 3 is 2.36 bits per heavy atom. The van der Waals surface area contributed by atoms with Crippen molar-refractivity contribution in [3.8, 4) is 0 Å². The fourth-order valence-electron chi connectivity index (χ4n) is 3.90. The summed E-state index contributed by atoms with van der Waals surface area (Å²) in [5.41, 5.74) is 0.444. The molecule has 0 radical (unpaired) electrons. The minimum Gasteiger partial charge on any atom is -0.307 e. The van der Waals surface area contributed by atoms with Crippen LogP contribution in [-0.4, -0.2) is 26.1 Å². The Hall–Kier alpha value is -1.99. The second-order valence-electron chi connectivity index (χ2n) is 7.61. The molecule has 2 aliphatic carbocycles. The third kappa shape index (κ3) is 2.53. The molecule has 0 bridgehead atoms. The van der Waals surface area contributed by atoms with Crippen molar-refractivity contribution in [2.24, 2.45) is 5.41 Å². The number of hydrogen-bond donors (Lipinski definition) is 1. The van der Waals surface area contributed by atoms with Gasteiger partial charge in [-0.1, -0.05) is 13.3 Å². The number of halogens is 3. The molecule has 1 N–H and O–H groups in total. The van der Waals surface area contributed by atoms with Crippen molar-refractivity contribution in [1.29, 1.82) is 0 Å². The molecule has 4 rings (SSSR count). The fourth-order valence-corrected chi connectivity index (χ4v) is 3.90. The standard InChI is InChI=1S/C17H19F3N4O/c1-8-11(9-4-3-5-9)22-13-12(23-15(25)24-14(13)21-8)10-6-16(2,7-10)17(18,19)20/h9-10H,3-7H2,1-2H3,(H,21,23,24,25). The highest BCUT2D eigenvalue weighted by Gasteiger charge is 2.59. The average Bonchev–Trinajstić information content (AvgIpc) is 2.41. The molecule has 25 heavy (non-hydrogen) atoms. The highest BCUT2D eigenvalue weighted by Crippen LogP contribution is 2.59. The second-order valence-corrected chi connectivity index (χ2v) is 7.61. The SMILES string of the molecule is Cc1nc2nc(=O)[nH]c(C3CC(C)(C(F)(F)F)C3)c2nc1C1CCC1. The average molecular weight is 352 g/mol. The predicted molar refractivity (Wildman–Crippen MR) is 85.4 cm³/mol. The molecule has 0 unspecified atom stereocenters. The van der Waals surface area contributed by atoms with Gasteiger partial charge >= 0.3 is 11.9 Å². The predicted octanol–water partition coefficient (Wildman–Crippen LogP) is 3.74. The maximum absolute atomic E-state index is 13.1. The van der Waals surface area contributed by atoms with Gasteiger partial charge in [-0.05, 0) is 32.6 Å². The van der Waals surface area contributed by atoms with Crippen molar-refractivity contribution in [3.05, 3.63) is 27.6 Å². The molecular formula is C17H19F3N4O. The van der Waals surface area contributed by atoms with Crippen molar-refractivity contribution in [2.45, 2.75) is 64.0 Å².